The van der Waals surface area contributed by atoms with Crippen molar-refractivity contribution in [2.75, 3.05) is 12.9 Å². The Balaban J connectivity index is 2.53. The van der Waals surface area contributed by atoms with Crippen LogP contribution in [-0.4, -0.2) is 12.9 Å². The molecule has 66 valence electrons. The Morgan fingerprint density at radius 3 is 2.42 bits per heavy atom. The van der Waals surface area contributed by atoms with E-state index in [2.05, 4.69) is 36.5 Å². The maximum Gasteiger partial charge on any atom is 0.0463 e. The van der Waals surface area contributed by atoms with E-state index >= 15 is 0 Å². The van der Waals surface area contributed by atoms with Gasteiger partial charge in [-0.3, -0.25) is 0 Å². The summed E-state index contributed by atoms with van der Waals surface area (Å²) in [6.07, 6.45) is 1.12. The van der Waals surface area contributed by atoms with Crippen LogP contribution in [0, 0.1) is 0 Å². The molecule has 0 amide bonds. The van der Waals surface area contributed by atoms with Gasteiger partial charge in [-0.25, -0.2) is 0 Å². The molecule has 12 heavy (non-hydrogen) atoms. The van der Waals surface area contributed by atoms with Crippen molar-refractivity contribution in [3.63, 3.8) is 0 Å². The second kappa shape index (κ2) is 5.22. The lowest BCUT2D eigenvalue weighted by Crippen LogP contribution is -2.02. The van der Waals surface area contributed by atoms with Gasteiger partial charge in [0.15, 0.2) is 0 Å². The van der Waals surface area contributed by atoms with Crippen LogP contribution in [0.25, 0.3) is 0 Å². The van der Waals surface area contributed by atoms with E-state index in [0.29, 0.717) is 0 Å². The highest BCUT2D eigenvalue weighted by Gasteiger charge is 1.92. The number of rotatable bonds is 4. The van der Waals surface area contributed by atoms with E-state index < -0.39 is 0 Å². The van der Waals surface area contributed by atoms with Crippen LogP contribution >= 0.6 is 11.8 Å². The molecule has 1 N–H and O–H groups in total. The van der Waals surface area contributed by atoms with Crippen molar-refractivity contribution >= 4 is 11.8 Å². The first-order chi connectivity index (χ1) is 5.86. The SMILES string of the molecule is CCc1ccc(SCNC)cc1. The van der Waals surface area contributed by atoms with Gasteiger partial charge >= 0.3 is 0 Å². The van der Waals surface area contributed by atoms with E-state index in [4.69, 9.17) is 0 Å². The molecule has 0 aliphatic rings. The normalized spacial score (nSPS) is 10.2. The largest absolute Gasteiger partial charge is 0.311 e. The molecule has 1 aromatic carbocycles. The van der Waals surface area contributed by atoms with E-state index in [-0.39, 0.29) is 0 Å². The van der Waals surface area contributed by atoms with Gasteiger partial charge in [0.2, 0.25) is 0 Å². The Hall–Kier alpha value is -0.470. The Morgan fingerprint density at radius 1 is 1.25 bits per heavy atom. The maximum absolute atomic E-state index is 3.11. The minimum Gasteiger partial charge on any atom is -0.311 e. The Morgan fingerprint density at radius 2 is 1.92 bits per heavy atom. The van der Waals surface area contributed by atoms with Gasteiger partial charge in [0.25, 0.3) is 0 Å². The third kappa shape index (κ3) is 2.88. The van der Waals surface area contributed by atoms with Crippen LogP contribution in [0.3, 0.4) is 0 Å². The maximum atomic E-state index is 3.11. The molecule has 0 aliphatic carbocycles. The van der Waals surface area contributed by atoms with Gasteiger partial charge in [-0.15, -0.1) is 11.8 Å². The lowest BCUT2D eigenvalue weighted by molar-refractivity contribution is 0.982. The van der Waals surface area contributed by atoms with Crippen molar-refractivity contribution in [2.45, 2.75) is 18.2 Å². The Bertz CT molecular complexity index is 218. The molecular weight excluding hydrogens is 166 g/mol. The molecule has 0 aliphatic heterocycles. The van der Waals surface area contributed by atoms with Gasteiger partial charge in [0.05, 0.1) is 0 Å². The van der Waals surface area contributed by atoms with Gasteiger partial charge < -0.3 is 5.32 Å². The topological polar surface area (TPSA) is 12.0 Å². The van der Waals surface area contributed by atoms with Gasteiger partial charge in [-0.05, 0) is 31.2 Å². The zero-order valence-corrected chi connectivity index (χ0v) is 8.45. The first kappa shape index (κ1) is 9.62. The van der Waals surface area contributed by atoms with E-state index in [1.165, 1.54) is 10.5 Å². The fraction of sp³-hybridized carbons (Fsp3) is 0.400. The summed E-state index contributed by atoms with van der Waals surface area (Å²) in [5, 5.41) is 3.11. The van der Waals surface area contributed by atoms with E-state index in [1.54, 1.807) is 0 Å². The molecule has 1 aromatic rings. The Kier molecular flexibility index (Phi) is 4.19. The van der Waals surface area contributed by atoms with E-state index in [9.17, 15) is 0 Å². The highest BCUT2D eigenvalue weighted by atomic mass is 32.2. The molecule has 0 fully saturated rings. The number of aryl methyl sites for hydroxylation is 1. The summed E-state index contributed by atoms with van der Waals surface area (Å²) in [5.41, 5.74) is 1.41. The van der Waals surface area contributed by atoms with Crippen LogP contribution in [0.15, 0.2) is 29.2 Å². The number of benzene rings is 1. The van der Waals surface area contributed by atoms with Crippen LogP contribution in [0.2, 0.25) is 0 Å². The van der Waals surface area contributed by atoms with E-state index in [1.807, 2.05) is 18.8 Å². The summed E-state index contributed by atoms with van der Waals surface area (Å²) < 4.78 is 0. The summed E-state index contributed by atoms with van der Waals surface area (Å²) in [6, 6.07) is 8.75. The summed E-state index contributed by atoms with van der Waals surface area (Å²) in [7, 11) is 1.97. The monoisotopic (exact) mass is 181 g/mol. The summed E-state index contributed by atoms with van der Waals surface area (Å²) >= 11 is 1.83. The first-order valence-corrected chi connectivity index (χ1v) is 5.21. The zero-order valence-electron chi connectivity index (χ0n) is 7.63. The van der Waals surface area contributed by atoms with E-state index in [0.717, 1.165) is 12.3 Å². The van der Waals surface area contributed by atoms with Crippen LogP contribution in [0.5, 0.6) is 0 Å². The molecule has 0 bridgehead atoms. The minimum atomic E-state index is 0.978. The average molecular weight is 181 g/mol. The van der Waals surface area contributed by atoms with Crippen molar-refractivity contribution in [1.82, 2.24) is 5.32 Å². The van der Waals surface area contributed by atoms with Crippen LogP contribution in [0.1, 0.15) is 12.5 Å². The first-order valence-electron chi connectivity index (χ1n) is 4.23. The predicted octanol–water partition coefficient (Wildman–Crippen LogP) is 2.52. The zero-order chi connectivity index (χ0) is 8.81. The summed E-state index contributed by atoms with van der Waals surface area (Å²) in [6.45, 7) is 2.18. The second-order valence-corrected chi connectivity index (χ2v) is 3.69. The number of thioether (sulfide) groups is 1. The third-order valence-corrected chi connectivity index (χ3v) is 2.75. The van der Waals surface area contributed by atoms with Crippen molar-refractivity contribution < 1.29 is 0 Å². The number of nitrogens with one attached hydrogen (secondary N) is 1. The quantitative estimate of drug-likeness (QED) is 0.566. The van der Waals surface area contributed by atoms with Gasteiger partial charge in [0, 0.05) is 10.8 Å². The molecule has 1 nitrogen and oxygen atoms in total. The van der Waals surface area contributed by atoms with Crippen molar-refractivity contribution in [3.05, 3.63) is 29.8 Å². The van der Waals surface area contributed by atoms with Gasteiger partial charge in [0.1, 0.15) is 0 Å². The molecular formula is C10H15NS. The fourth-order valence-electron chi connectivity index (χ4n) is 0.977. The highest BCUT2D eigenvalue weighted by Crippen LogP contribution is 2.16. The molecule has 0 atom stereocenters. The van der Waals surface area contributed by atoms with Crippen LogP contribution < -0.4 is 5.32 Å². The van der Waals surface area contributed by atoms with Crippen molar-refractivity contribution in [3.8, 4) is 0 Å². The van der Waals surface area contributed by atoms with Gasteiger partial charge in [-0.2, -0.15) is 0 Å². The Labute approximate surface area is 78.6 Å². The molecule has 1 rings (SSSR count). The van der Waals surface area contributed by atoms with Crippen molar-refractivity contribution in [2.24, 2.45) is 0 Å². The molecule has 0 aromatic heterocycles. The average Bonchev–Trinajstić information content (AvgIpc) is 2.15. The fourth-order valence-corrected chi connectivity index (χ4v) is 1.62. The molecule has 0 saturated heterocycles. The standard InChI is InChI=1S/C10H15NS/c1-3-9-4-6-10(7-5-9)12-8-11-2/h4-7,11H,3,8H2,1-2H3. The molecule has 0 radical (unpaired) electrons. The van der Waals surface area contributed by atoms with Crippen LogP contribution in [0.4, 0.5) is 0 Å². The van der Waals surface area contributed by atoms with Gasteiger partial charge in [-0.1, -0.05) is 19.1 Å². The second-order valence-electron chi connectivity index (χ2n) is 2.64. The molecule has 2 heteroatoms. The highest BCUT2D eigenvalue weighted by molar-refractivity contribution is 7.99. The molecule has 0 heterocycles. The van der Waals surface area contributed by atoms with Crippen LogP contribution in [-0.2, 0) is 6.42 Å². The minimum absolute atomic E-state index is 0.978. The summed E-state index contributed by atoms with van der Waals surface area (Å²) in [5.74, 6) is 0.978. The molecule has 0 spiro atoms. The lowest BCUT2D eigenvalue weighted by atomic mass is 10.2. The molecule has 0 saturated carbocycles. The smallest absolute Gasteiger partial charge is 0.0463 e. The lowest BCUT2D eigenvalue weighted by Gasteiger charge is -2.01. The molecule has 0 unspecified atom stereocenters. The van der Waals surface area contributed by atoms with Crippen molar-refractivity contribution in [1.29, 1.82) is 0 Å². The third-order valence-electron chi connectivity index (χ3n) is 1.71. The number of hydrogen-bond acceptors (Lipinski definition) is 2. The predicted molar refractivity (Wildman–Crippen MR) is 55.6 cm³/mol. The number of hydrogen-bond donors (Lipinski definition) is 1. The summed E-state index contributed by atoms with van der Waals surface area (Å²) in [4.78, 5) is 1.33.